The third kappa shape index (κ3) is 3.26. The third-order valence-electron chi connectivity index (χ3n) is 2.33. The third-order valence-corrected chi connectivity index (χ3v) is 2.33. The molecule has 18 heavy (non-hydrogen) atoms. The fourth-order valence-electron chi connectivity index (χ4n) is 1.50. The Bertz CT molecular complexity index is 512. The molecule has 0 atom stereocenters. The van der Waals surface area contributed by atoms with Gasteiger partial charge in [-0.25, -0.2) is 4.98 Å². The van der Waals surface area contributed by atoms with Gasteiger partial charge in [-0.05, 0) is 25.0 Å². The molecule has 2 rings (SSSR count). The Hall–Kier alpha value is -1.97. The predicted molar refractivity (Wildman–Crippen MR) is 70.3 cm³/mol. The second-order valence-electron chi connectivity index (χ2n) is 4.61. The van der Waals surface area contributed by atoms with E-state index in [1.54, 1.807) is 12.4 Å². The van der Waals surface area contributed by atoms with Crippen molar-refractivity contribution >= 4 is 0 Å². The monoisotopic (exact) mass is 243 g/mol. The first-order valence-corrected chi connectivity index (χ1v) is 6.04. The second kappa shape index (κ2) is 5.58. The van der Waals surface area contributed by atoms with Crippen molar-refractivity contribution in [2.45, 2.75) is 20.8 Å². The van der Waals surface area contributed by atoms with E-state index in [0.717, 1.165) is 11.3 Å². The Labute approximate surface area is 107 Å². The van der Waals surface area contributed by atoms with Crippen LogP contribution in [0.25, 0.3) is 11.4 Å². The van der Waals surface area contributed by atoms with Crippen molar-refractivity contribution in [3.05, 3.63) is 36.3 Å². The molecule has 0 radical (unpaired) electrons. The fourth-order valence-corrected chi connectivity index (χ4v) is 1.50. The molecule has 0 saturated heterocycles. The number of ether oxygens (including phenoxy) is 1. The van der Waals surface area contributed by atoms with Crippen LogP contribution >= 0.6 is 0 Å². The molecular formula is C14H17N3O. The molecule has 0 aliphatic carbocycles. The van der Waals surface area contributed by atoms with Crippen molar-refractivity contribution in [3.63, 3.8) is 0 Å². The van der Waals surface area contributed by atoms with Gasteiger partial charge in [0, 0.05) is 29.7 Å². The van der Waals surface area contributed by atoms with Gasteiger partial charge >= 0.3 is 0 Å². The zero-order valence-corrected chi connectivity index (χ0v) is 10.9. The Kier molecular flexibility index (Phi) is 3.87. The van der Waals surface area contributed by atoms with Crippen molar-refractivity contribution in [1.82, 2.24) is 15.0 Å². The molecule has 0 unspecified atom stereocenters. The van der Waals surface area contributed by atoms with Gasteiger partial charge in [0.2, 0.25) is 5.88 Å². The molecule has 2 heterocycles. The summed E-state index contributed by atoms with van der Waals surface area (Å²) in [6, 6.07) is 5.63. The van der Waals surface area contributed by atoms with Crippen molar-refractivity contribution < 1.29 is 4.74 Å². The quantitative estimate of drug-likeness (QED) is 0.828. The zero-order chi connectivity index (χ0) is 13.0. The molecule has 0 aromatic carbocycles. The SMILES string of the molecule is Cc1cc(OCC(C)C)nc(-c2ccncc2)n1. The molecule has 0 saturated carbocycles. The molecule has 0 aliphatic heterocycles. The number of aromatic nitrogens is 3. The lowest BCUT2D eigenvalue weighted by atomic mass is 10.2. The number of pyridine rings is 1. The summed E-state index contributed by atoms with van der Waals surface area (Å²) < 4.78 is 5.64. The lowest BCUT2D eigenvalue weighted by molar-refractivity contribution is 0.261. The number of nitrogens with zero attached hydrogens (tertiary/aromatic N) is 3. The van der Waals surface area contributed by atoms with Gasteiger partial charge in [-0.3, -0.25) is 4.98 Å². The van der Waals surface area contributed by atoms with E-state index >= 15 is 0 Å². The van der Waals surface area contributed by atoms with Crippen LogP contribution in [-0.2, 0) is 0 Å². The second-order valence-corrected chi connectivity index (χ2v) is 4.61. The maximum absolute atomic E-state index is 5.64. The largest absolute Gasteiger partial charge is 0.477 e. The summed E-state index contributed by atoms with van der Waals surface area (Å²) in [6.07, 6.45) is 3.46. The van der Waals surface area contributed by atoms with E-state index in [1.807, 2.05) is 25.1 Å². The van der Waals surface area contributed by atoms with Crippen LogP contribution in [0.5, 0.6) is 5.88 Å². The van der Waals surface area contributed by atoms with E-state index in [4.69, 9.17) is 4.74 Å². The lowest BCUT2D eigenvalue weighted by Crippen LogP contribution is -2.07. The van der Waals surface area contributed by atoms with Gasteiger partial charge in [0.15, 0.2) is 5.82 Å². The zero-order valence-electron chi connectivity index (χ0n) is 10.9. The minimum atomic E-state index is 0.477. The average Bonchev–Trinajstić information content (AvgIpc) is 2.37. The number of hydrogen-bond acceptors (Lipinski definition) is 4. The van der Waals surface area contributed by atoms with Crippen molar-refractivity contribution in [1.29, 1.82) is 0 Å². The van der Waals surface area contributed by atoms with E-state index < -0.39 is 0 Å². The highest BCUT2D eigenvalue weighted by Crippen LogP contribution is 2.18. The molecule has 0 amide bonds. The minimum absolute atomic E-state index is 0.477. The highest BCUT2D eigenvalue weighted by atomic mass is 16.5. The van der Waals surface area contributed by atoms with Crippen LogP contribution in [-0.4, -0.2) is 21.6 Å². The topological polar surface area (TPSA) is 47.9 Å². The number of hydrogen-bond donors (Lipinski definition) is 0. The molecule has 94 valence electrons. The first-order valence-electron chi connectivity index (χ1n) is 6.04. The van der Waals surface area contributed by atoms with Crippen LogP contribution in [0.3, 0.4) is 0 Å². The van der Waals surface area contributed by atoms with Gasteiger partial charge in [-0.1, -0.05) is 13.8 Å². The van der Waals surface area contributed by atoms with E-state index in [-0.39, 0.29) is 0 Å². The number of aryl methyl sites for hydroxylation is 1. The summed E-state index contributed by atoms with van der Waals surface area (Å²) in [5.74, 6) is 1.78. The van der Waals surface area contributed by atoms with Gasteiger partial charge in [0.05, 0.1) is 6.61 Å². The van der Waals surface area contributed by atoms with E-state index in [1.165, 1.54) is 0 Å². The molecule has 0 fully saturated rings. The van der Waals surface area contributed by atoms with Crippen LogP contribution in [0.2, 0.25) is 0 Å². The maximum atomic E-state index is 5.64. The van der Waals surface area contributed by atoms with Crippen molar-refractivity contribution in [3.8, 4) is 17.3 Å². The normalized spacial score (nSPS) is 10.7. The molecule has 0 N–H and O–H groups in total. The Morgan fingerprint density at radius 3 is 2.56 bits per heavy atom. The molecule has 2 aromatic heterocycles. The van der Waals surface area contributed by atoms with Crippen molar-refractivity contribution in [2.24, 2.45) is 5.92 Å². The highest BCUT2D eigenvalue weighted by Gasteiger charge is 2.06. The standard InChI is InChI=1S/C14H17N3O/c1-10(2)9-18-13-8-11(3)16-14(17-13)12-4-6-15-7-5-12/h4-8,10H,9H2,1-3H3. The molecule has 4 nitrogen and oxygen atoms in total. The summed E-state index contributed by atoms with van der Waals surface area (Å²) in [5, 5.41) is 0. The Morgan fingerprint density at radius 1 is 1.17 bits per heavy atom. The molecule has 2 aromatic rings. The molecule has 0 aliphatic rings. The van der Waals surface area contributed by atoms with Gasteiger partial charge in [0.1, 0.15) is 0 Å². The predicted octanol–water partition coefficient (Wildman–Crippen LogP) is 2.88. The summed E-state index contributed by atoms with van der Waals surface area (Å²) in [4.78, 5) is 12.8. The van der Waals surface area contributed by atoms with Gasteiger partial charge < -0.3 is 4.74 Å². The molecular weight excluding hydrogens is 226 g/mol. The van der Waals surface area contributed by atoms with E-state index in [2.05, 4.69) is 28.8 Å². The summed E-state index contributed by atoms with van der Waals surface area (Å²) in [7, 11) is 0. The fraction of sp³-hybridized carbons (Fsp3) is 0.357. The minimum Gasteiger partial charge on any atom is -0.477 e. The summed E-state index contributed by atoms with van der Waals surface area (Å²) >= 11 is 0. The first kappa shape index (κ1) is 12.5. The maximum Gasteiger partial charge on any atom is 0.217 e. The van der Waals surface area contributed by atoms with E-state index in [0.29, 0.717) is 24.2 Å². The summed E-state index contributed by atoms with van der Waals surface area (Å²) in [5.41, 5.74) is 1.85. The lowest BCUT2D eigenvalue weighted by Gasteiger charge is -2.09. The van der Waals surface area contributed by atoms with Crippen LogP contribution in [0.15, 0.2) is 30.6 Å². The van der Waals surface area contributed by atoms with Gasteiger partial charge in [-0.2, -0.15) is 4.98 Å². The van der Waals surface area contributed by atoms with Gasteiger partial charge in [0.25, 0.3) is 0 Å². The molecule has 0 bridgehead atoms. The van der Waals surface area contributed by atoms with Crippen LogP contribution in [0.1, 0.15) is 19.5 Å². The molecule has 4 heteroatoms. The summed E-state index contributed by atoms with van der Waals surface area (Å²) in [6.45, 7) is 6.82. The Morgan fingerprint density at radius 2 is 1.89 bits per heavy atom. The van der Waals surface area contributed by atoms with Crippen LogP contribution < -0.4 is 4.74 Å². The molecule has 0 spiro atoms. The van der Waals surface area contributed by atoms with E-state index in [9.17, 15) is 0 Å². The van der Waals surface area contributed by atoms with Crippen LogP contribution in [0.4, 0.5) is 0 Å². The van der Waals surface area contributed by atoms with Crippen LogP contribution in [0, 0.1) is 12.8 Å². The highest BCUT2D eigenvalue weighted by molar-refractivity contribution is 5.54. The van der Waals surface area contributed by atoms with Crippen molar-refractivity contribution in [2.75, 3.05) is 6.61 Å². The average molecular weight is 243 g/mol. The number of rotatable bonds is 4. The Balaban J connectivity index is 2.27. The smallest absolute Gasteiger partial charge is 0.217 e. The van der Waals surface area contributed by atoms with Gasteiger partial charge in [-0.15, -0.1) is 0 Å². The first-order chi connectivity index (χ1) is 8.65.